The van der Waals surface area contributed by atoms with Gasteiger partial charge in [-0.3, -0.25) is 9.48 Å². The zero-order valence-corrected chi connectivity index (χ0v) is 11.3. The van der Waals surface area contributed by atoms with E-state index in [1.54, 1.807) is 4.68 Å². The Morgan fingerprint density at radius 1 is 1.40 bits per heavy atom. The molecule has 1 aliphatic heterocycles. The van der Waals surface area contributed by atoms with Gasteiger partial charge < -0.3 is 5.32 Å². The number of hydrogen-bond donors (Lipinski definition) is 1. The van der Waals surface area contributed by atoms with Crippen molar-refractivity contribution in [3.05, 3.63) is 34.0 Å². The van der Waals surface area contributed by atoms with Crippen LogP contribution in [-0.4, -0.2) is 20.5 Å². The zero-order chi connectivity index (χ0) is 14.1. The summed E-state index contributed by atoms with van der Waals surface area (Å²) in [5, 5.41) is 6.05. The van der Waals surface area contributed by atoms with E-state index in [0.29, 0.717) is 18.9 Å². The van der Waals surface area contributed by atoms with E-state index in [4.69, 9.17) is 0 Å². The smallest absolute Gasteiger partial charge is 0.298 e. The van der Waals surface area contributed by atoms with Gasteiger partial charge in [0.25, 0.3) is 5.56 Å². The maximum Gasteiger partial charge on any atom is 0.298 e. The lowest BCUT2D eigenvalue weighted by molar-refractivity contribution is -0.671. The highest BCUT2D eigenvalue weighted by Crippen LogP contribution is 2.24. The molecule has 0 spiro atoms. The van der Waals surface area contributed by atoms with Crippen LogP contribution in [0.15, 0.2) is 28.7 Å². The highest BCUT2D eigenvalue weighted by Gasteiger charge is 2.23. The van der Waals surface area contributed by atoms with Crippen molar-refractivity contribution in [2.24, 2.45) is 12.2 Å². The van der Waals surface area contributed by atoms with E-state index < -0.39 is 0 Å². The summed E-state index contributed by atoms with van der Waals surface area (Å²) in [5.41, 5.74) is -0.310. The Labute approximate surface area is 115 Å². The van der Waals surface area contributed by atoms with Crippen LogP contribution in [0.1, 0.15) is 6.42 Å². The number of anilines is 1. The first-order valence-electron chi connectivity index (χ1n) is 6.62. The van der Waals surface area contributed by atoms with Crippen LogP contribution in [0.2, 0.25) is 0 Å². The molecule has 0 saturated carbocycles. The third-order valence-corrected chi connectivity index (χ3v) is 3.53. The van der Waals surface area contributed by atoms with E-state index in [1.165, 1.54) is 0 Å². The molecule has 0 saturated heterocycles. The quantitative estimate of drug-likeness (QED) is 0.626. The van der Waals surface area contributed by atoms with Crippen molar-refractivity contribution < 1.29 is 4.57 Å². The molecule has 0 fully saturated rings. The third-order valence-electron chi connectivity index (χ3n) is 3.53. The van der Waals surface area contributed by atoms with Crippen molar-refractivity contribution >= 4 is 11.5 Å². The second-order valence-electron chi connectivity index (χ2n) is 4.94. The molecule has 8 nitrogen and oxygen atoms in total. The number of nitrogens with one attached hydrogen (secondary N) is 1. The van der Waals surface area contributed by atoms with Gasteiger partial charge in [-0.05, 0) is 11.6 Å². The van der Waals surface area contributed by atoms with Gasteiger partial charge in [-0.1, -0.05) is 0 Å². The summed E-state index contributed by atoms with van der Waals surface area (Å²) in [5.74, 6) is 0.541. The summed E-state index contributed by atoms with van der Waals surface area (Å²) in [7, 11) is 1.96. The fourth-order valence-corrected chi connectivity index (χ4v) is 2.60. The van der Waals surface area contributed by atoms with Crippen molar-refractivity contribution in [1.29, 1.82) is 0 Å². The van der Waals surface area contributed by atoms with E-state index in [-0.39, 0.29) is 11.2 Å². The van der Waals surface area contributed by atoms with E-state index in [9.17, 15) is 9.70 Å². The summed E-state index contributed by atoms with van der Waals surface area (Å²) in [4.78, 5) is 22.8. The fraction of sp³-hybridized carbons (Fsp3) is 0.500. The van der Waals surface area contributed by atoms with Crippen LogP contribution in [0.25, 0.3) is 0 Å². The molecule has 0 atom stereocenters. The van der Waals surface area contributed by atoms with Crippen molar-refractivity contribution in [1.82, 2.24) is 13.9 Å². The van der Waals surface area contributed by atoms with E-state index in [1.807, 2.05) is 39.6 Å². The Morgan fingerprint density at radius 2 is 2.20 bits per heavy atom. The second kappa shape index (κ2) is 4.95. The van der Waals surface area contributed by atoms with Crippen LogP contribution in [0, 0.1) is 4.91 Å². The molecule has 0 unspecified atom stereocenters. The zero-order valence-electron chi connectivity index (χ0n) is 11.3. The highest BCUT2D eigenvalue weighted by atomic mass is 16.3. The molecule has 0 aromatic carbocycles. The van der Waals surface area contributed by atoms with Crippen molar-refractivity contribution in [3.63, 3.8) is 0 Å². The number of nitrogens with zero attached hydrogens (tertiary/aromatic N) is 5. The van der Waals surface area contributed by atoms with Gasteiger partial charge in [-0.15, -0.1) is 4.91 Å². The van der Waals surface area contributed by atoms with Crippen LogP contribution < -0.4 is 15.4 Å². The van der Waals surface area contributed by atoms with Crippen LogP contribution in [0.3, 0.4) is 0 Å². The predicted octanol–water partition coefficient (Wildman–Crippen LogP) is 0.189. The summed E-state index contributed by atoms with van der Waals surface area (Å²) >= 11 is 0. The average molecular weight is 277 g/mol. The van der Waals surface area contributed by atoms with Gasteiger partial charge in [0.15, 0.2) is 5.82 Å². The average Bonchev–Trinajstić information content (AvgIpc) is 3.10. The highest BCUT2D eigenvalue weighted by molar-refractivity contribution is 5.60. The molecule has 3 heterocycles. The number of fused-ring (bicyclic) bond motifs is 1. The van der Waals surface area contributed by atoms with Crippen molar-refractivity contribution in [3.8, 4) is 0 Å². The summed E-state index contributed by atoms with van der Waals surface area (Å²) in [6.07, 6.45) is 6.81. The number of hydrogen-bond acceptors (Lipinski definition) is 4. The molecule has 8 heteroatoms. The van der Waals surface area contributed by atoms with Crippen LogP contribution in [0.5, 0.6) is 0 Å². The van der Waals surface area contributed by atoms with Gasteiger partial charge in [-0.2, -0.15) is 0 Å². The Bertz CT molecular complexity index is 695. The predicted molar refractivity (Wildman–Crippen MR) is 72.9 cm³/mol. The molecule has 3 rings (SSSR count). The monoisotopic (exact) mass is 277 g/mol. The number of imidazole rings is 1. The van der Waals surface area contributed by atoms with Gasteiger partial charge in [0, 0.05) is 13.1 Å². The van der Waals surface area contributed by atoms with Crippen LogP contribution in [-0.2, 0) is 26.7 Å². The number of rotatable bonds is 5. The van der Waals surface area contributed by atoms with Crippen LogP contribution in [0.4, 0.5) is 11.5 Å². The molecule has 0 amide bonds. The molecule has 2 aromatic rings. The molecule has 106 valence electrons. The molecule has 1 N–H and O–H groups in total. The van der Waals surface area contributed by atoms with Gasteiger partial charge in [-0.25, -0.2) is 13.8 Å². The Morgan fingerprint density at radius 3 is 2.90 bits per heavy atom. The normalized spacial score (nSPS) is 13.4. The third kappa shape index (κ3) is 2.02. The first-order valence-corrected chi connectivity index (χ1v) is 6.62. The second-order valence-corrected chi connectivity index (χ2v) is 4.94. The molecule has 0 bridgehead atoms. The minimum atomic E-state index is -0.299. The van der Waals surface area contributed by atoms with Gasteiger partial charge in [0.05, 0.1) is 13.6 Å². The lowest BCUT2D eigenvalue weighted by atomic mass is 10.4. The van der Waals surface area contributed by atoms with E-state index in [2.05, 4.69) is 10.5 Å². The minimum absolute atomic E-state index is 0.0113. The first-order chi connectivity index (χ1) is 9.70. The summed E-state index contributed by atoms with van der Waals surface area (Å²) in [6, 6.07) is 0. The standard InChI is InChI=1S/C12H16N6O2/c1-15-7-8-16(9-15)6-3-13-11-10(14-20)12(19)18-5-2-4-17(11)18/h7-9H,2-6H2,1H3/p+1. The Hall–Kier alpha value is -2.38. The molecule has 0 radical (unpaired) electrons. The van der Waals surface area contributed by atoms with Gasteiger partial charge in [0.2, 0.25) is 12.0 Å². The lowest BCUT2D eigenvalue weighted by Gasteiger charge is -2.07. The SMILES string of the molecule is C[n+]1ccn(CCNc2c(N=O)c(=O)n3n2CCC3)c1. The summed E-state index contributed by atoms with van der Waals surface area (Å²) < 4.78 is 7.38. The Kier molecular flexibility index (Phi) is 3.13. The molecule has 1 aliphatic rings. The molecular weight excluding hydrogens is 260 g/mol. The Balaban J connectivity index is 1.76. The molecule has 20 heavy (non-hydrogen) atoms. The number of aryl methyl sites for hydroxylation is 1. The number of aromatic nitrogens is 4. The number of nitroso groups, excluding NO2 is 1. The van der Waals surface area contributed by atoms with Crippen LogP contribution >= 0.6 is 0 Å². The molecular formula is C12H17N6O2+. The van der Waals surface area contributed by atoms with Crippen molar-refractivity contribution in [2.75, 3.05) is 11.9 Å². The topological polar surface area (TPSA) is 77.2 Å². The largest absolute Gasteiger partial charge is 0.364 e. The van der Waals surface area contributed by atoms with Gasteiger partial charge >= 0.3 is 0 Å². The summed E-state index contributed by atoms with van der Waals surface area (Å²) in [6.45, 7) is 2.77. The van der Waals surface area contributed by atoms with Crippen molar-refractivity contribution in [2.45, 2.75) is 26.1 Å². The first kappa shape index (κ1) is 12.6. The van der Waals surface area contributed by atoms with Gasteiger partial charge in [0.1, 0.15) is 18.9 Å². The van der Waals surface area contributed by atoms with E-state index >= 15 is 0 Å². The lowest BCUT2D eigenvalue weighted by Crippen LogP contribution is -2.24. The minimum Gasteiger partial charge on any atom is -0.364 e. The fourth-order valence-electron chi connectivity index (χ4n) is 2.60. The maximum atomic E-state index is 11.9. The molecule has 2 aromatic heterocycles. The molecule has 0 aliphatic carbocycles. The van der Waals surface area contributed by atoms with E-state index in [0.717, 1.165) is 19.5 Å². The maximum absolute atomic E-state index is 11.9.